The van der Waals surface area contributed by atoms with Crippen molar-refractivity contribution in [3.63, 3.8) is 0 Å². The summed E-state index contributed by atoms with van der Waals surface area (Å²) in [6.07, 6.45) is 7.31. The van der Waals surface area contributed by atoms with Gasteiger partial charge in [-0.2, -0.15) is 4.68 Å². The van der Waals surface area contributed by atoms with Crippen molar-refractivity contribution in [2.45, 2.75) is 49.6 Å². The Morgan fingerprint density at radius 1 is 1.16 bits per heavy atom. The number of para-hydroxylation sites is 1. The van der Waals surface area contributed by atoms with Gasteiger partial charge in [0.25, 0.3) is 5.56 Å². The highest BCUT2D eigenvalue weighted by Gasteiger charge is 2.21. The number of rotatable bonds is 6. The van der Waals surface area contributed by atoms with E-state index in [0.29, 0.717) is 23.3 Å². The van der Waals surface area contributed by atoms with Gasteiger partial charge in [0.2, 0.25) is 0 Å². The Bertz CT molecular complexity index is 1290. The zero-order chi connectivity index (χ0) is 21.2. The third-order valence-corrected chi connectivity index (χ3v) is 7.62. The summed E-state index contributed by atoms with van der Waals surface area (Å²) in [5.74, 6) is 1.21. The average molecular weight is 451 g/mol. The second-order valence-corrected chi connectivity index (χ2v) is 9.50. The molecule has 0 N–H and O–H groups in total. The summed E-state index contributed by atoms with van der Waals surface area (Å²) in [5.41, 5.74) is 2.16. The minimum atomic E-state index is 0.0365. The van der Waals surface area contributed by atoms with Crippen LogP contribution in [0.15, 0.2) is 52.9 Å². The fraction of sp³-hybridized carbons (Fsp3) is 0.318. The summed E-state index contributed by atoms with van der Waals surface area (Å²) in [6.45, 7) is 4.27. The van der Waals surface area contributed by atoms with Gasteiger partial charge in [0.15, 0.2) is 11.0 Å². The van der Waals surface area contributed by atoms with Gasteiger partial charge >= 0.3 is 0 Å². The Balaban J connectivity index is 1.52. The lowest BCUT2D eigenvalue weighted by atomic mass is 10.1. The van der Waals surface area contributed by atoms with Crippen molar-refractivity contribution in [1.82, 2.24) is 29.8 Å². The molecule has 0 atom stereocenters. The highest BCUT2D eigenvalue weighted by atomic mass is 32.2. The SMILES string of the molecule is C=CCn1c(SCc2nnnn2-c2ccccc2)nc2sc3c(c2c1=O)CCCCC3. The zero-order valence-corrected chi connectivity index (χ0v) is 18.7. The van der Waals surface area contributed by atoms with Gasteiger partial charge in [0.05, 0.1) is 16.8 Å². The molecule has 158 valence electrons. The minimum Gasteiger partial charge on any atom is -0.283 e. The van der Waals surface area contributed by atoms with Crippen molar-refractivity contribution in [3.8, 4) is 5.69 Å². The number of allylic oxidation sites excluding steroid dienone is 1. The lowest BCUT2D eigenvalue weighted by molar-refractivity contribution is 0.670. The Morgan fingerprint density at radius 2 is 2.00 bits per heavy atom. The summed E-state index contributed by atoms with van der Waals surface area (Å²) in [4.78, 5) is 20.5. The summed E-state index contributed by atoms with van der Waals surface area (Å²) >= 11 is 3.16. The van der Waals surface area contributed by atoms with E-state index in [9.17, 15) is 4.79 Å². The van der Waals surface area contributed by atoms with Gasteiger partial charge in [-0.15, -0.1) is 23.0 Å². The molecule has 0 amide bonds. The molecule has 0 aliphatic heterocycles. The fourth-order valence-electron chi connectivity index (χ4n) is 3.99. The van der Waals surface area contributed by atoms with E-state index in [-0.39, 0.29) is 5.56 Å². The molecule has 0 saturated carbocycles. The summed E-state index contributed by atoms with van der Waals surface area (Å²) in [5, 5.41) is 13.6. The van der Waals surface area contributed by atoms with Gasteiger partial charge < -0.3 is 0 Å². The predicted octanol–water partition coefficient (Wildman–Crippen LogP) is 4.18. The van der Waals surface area contributed by atoms with Crippen LogP contribution in [0.4, 0.5) is 0 Å². The van der Waals surface area contributed by atoms with Crippen molar-refractivity contribution in [2.75, 3.05) is 0 Å². The first-order valence-electron chi connectivity index (χ1n) is 10.4. The van der Waals surface area contributed by atoms with Crippen LogP contribution in [0, 0.1) is 0 Å². The quantitative estimate of drug-likeness (QED) is 0.190. The maximum absolute atomic E-state index is 13.5. The highest BCUT2D eigenvalue weighted by Crippen LogP contribution is 2.34. The number of thiophene rings is 1. The van der Waals surface area contributed by atoms with Crippen LogP contribution in [0.1, 0.15) is 35.5 Å². The van der Waals surface area contributed by atoms with Gasteiger partial charge in [0.1, 0.15) is 4.83 Å². The summed E-state index contributed by atoms with van der Waals surface area (Å²) < 4.78 is 3.45. The second kappa shape index (κ2) is 8.76. The lowest BCUT2D eigenvalue weighted by Crippen LogP contribution is -2.23. The van der Waals surface area contributed by atoms with Gasteiger partial charge in [-0.3, -0.25) is 9.36 Å². The topological polar surface area (TPSA) is 78.5 Å². The average Bonchev–Trinajstić information content (AvgIpc) is 3.33. The summed E-state index contributed by atoms with van der Waals surface area (Å²) in [6, 6.07) is 9.78. The molecular weight excluding hydrogens is 428 g/mol. The van der Waals surface area contributed by atoms with E-state index in [0.717, 1.165) is 35.2 Å². The predicted molar refractivity (Wildman–Crippen MR) is 124 cm³/mol. The molecule has 5 rings (SSSR count). The van der Waals surface area contributed by atoms with Crippen molar-refractivity contribution in [3.05, 3.63) is 69.6 Å². The van der Waals surface area contributed by atoms with Gasteiger partial charge in [-0.05, 0) is 53.8 Å². The van der Waals surface area contributed by atoms with E-state index in [4.69, 9.17) is 4.98 Å². The number of nitrogens with zero attached hydrogens (tertiary/aromatic N) is 6. The third-order valence-electron chi connectivity index (χ3n) is 5.47. The monoisotopic (exact) mass is 450 g/mol. The standard InChI is InChI=1S/C22H22N6OS2/c1-2-13-27-21(29)19-16-11-7-4-8-12-17(16)31-20(19)23-22(27)30-14-18-24-25-26-28(18)15-9-5-3-6-10-15/h2-3,5-6,9-10H,1,4,7-8,11-14H2. The molecule has 0 bridgehead atoms. The Kier molecular flexibility index (Phi) is 5.69. The molecule has 0 unspecified atom stereocenters. The molecular formula is C22H22N6OS2. The number of aryl methyl sites for hydroxylation is 2. The number of fused-ring (bicyclic) bond motifs is 3. The molecule has 1 aliphatic carbocycles. The second-order valence-electron chi connectivity index (χ2n) is 7.47. The van der Waals surface area contributed by atoms with Crippen LogP contribution in [0.25, 0.3) is 15.9 Å². The zero-order valence-electron chi connectivity index (χ0n) is 17.0. The minimum absolute atomic E-state index is 0.0365. The Morgan fingerprint density at radius 3 is 2.84 bits per heavy atom. The maximum Gasteiger partial charge on any atom is 0.263 e. The number of benzene rings is 1. The number of tetrazole rings is 1. The molecule has 4 aromatic rings. The van der Waals surface area contributed by atoms with Crippen molar-refractivity contribution in [2.24, 2.45) is 0 Å². The largest absolute Gasteiger partial charge is 0.283 e. The van der Waals surface area contributed by atoms with E-state index in [1.807, 2.05) is 30.3 Å². The molecule has 1 aromatic carbocycles. The molecule has 31 heavy (non-hydrogen) atoms. The molecule has 0 saturated heterocycles. The maximum atomic E-state index is 13.5. The van der Waals surface area contributed by atoms with Crippen molar-refractivity contribution >= 4 is 33.3 Å². The van der Waals surface area contributed by atoms with Gasteiger partial charge in [-0.25, -0.2) is 4.98 Å². The van der Waals surface area contributed by atoms with Crippen LogP contribution in [0.3, 0.4) is 0 Å². The Hall–Kier alpha value is -2.78. The van der Waals surface area contributed by atoms with E-state index in [2.05, 4.69) is 22.1 Å². The van der Waals surface area contributed by atoms with E-state index in [1.54, 1.807) is 26.7 Å². The van der Waals surface area contributed by atoms with Gasteiger partial charge in [-0.1, -0.05) is 42.5 Å². The van der Waals surface area contributed by atoms with E-state index in [1.165, 1.54) is 35.0 Å². The van der Waals surface area contributed by atoms with Crippen molar-refractivity contribution < 1.29 is 0 Å². The molecule has 7 nitrogen and oxygen atoms in total. The highest BCUT2D eigenvalue weighted by molar-refractivity contribution is 7.98. The molecule has 0 radical (unpaired) electrons. The number of hydrogen-bond donors (Lipinski definition) is 0. The lowest BCUT2D eigenvalue weighted by Gasteiger charge is -2.10. The normalized spacial score (nSPS) is 13.8. The van der Waals surface area contributed by atoms with Crippen LogP contribution >= 0.6 is 23.1 Å². The number of thioether (sulfide) groups is 1. The van der Waals surface area contributed by atoms with Crippen LogP contribution in [-0.2, 0) is 25.1 Å². The first-order chi connectivity index (χ1) is 15.3. The number of hydrogen-bond acceptors (Lipinski definition) is 7. The van der Waals surface area contributed by atoms with Crippen LogP contribution in [-0.4, -0.2) is 29.8 Å². The third kappa shape index (κ3) is 3.83. The first kappa shape index (κ1) is 20.1. The molecule has 3 heterocycles. The fourth-order valence-corrected chi connectivity index (χ4v) is 6.21. The molecule has 0 fully saturated rings. The smallest absolute Gasteiger partial charge is 0.263 e. The molecule has 1 aliphatic rings. The molecule has 3 aromatic heterocycles. The summed E-state index contributed by atoms with van der Waals surface area (Å²) in [7, 11) is 0. The Labute approximate surface area is 187 Å². The van der Waals surface area contributed by atoms with Crippen LogP contribution in [0.2, 0.25) is 0 Å². The van der Waals surface area contributed by atoms with Crippen LogP contribution < -0.4 is 5.56 Å². The van der Waals surface area contributed by atoms with Crippen LogP contribution in [0.5, 0.6) is 0 Å². The van der Waals surface area contributed by atoms with Crippen molar-refractivity contribution in [1.29, 1.82) is 0 Å². The molecule has 0 spiro atoms. The van der Waals surface area contributed by atoms with Gasteiger partial charge in [0, 0.05) is 11.4 Å². The van der Waals surface area contributed by atoms with E-state index >= 15 is 0 Å². The first-order valence-corrected chi connectivity index (χ1v) is 12.2. The number of aromatic nitrogens is 6. The molecule has 9 heteroatoms. The van der Waals surface area contributed by atoms with E-state index < -0.39 is 0 Å².